The van der Waals surface area contributed by atoms with Gasteiger partial charge in [-0.1, -0.05) is 18.2 Å². The highest BCUT2D eigenvalue weighted by atomic mass is 32.2. The number of carbonyl (C=O) groups is 2. The Morgan fingerprint density at radius 1 is 1.36 bits per heavy atom. The van der Waals surface area contributed by atoms with E-state index in [1.807, 2.05) is 12.1 Å². The second-order valence-electron chi connectivity index (χ2n) is 4.22. The van der Waals surface area contributed by atoms with Crippen molar-refractivity contribution in [3.05, 3.63) is 40.9 Å². The monoisotopic (exact) mass is 315 g/mol. The van der Waals surface area contributed by atoms with Crippen LogP contribution >= 0.6 is 11.8 Å². The summed E-state index contributed by atoms with van der Waals surface area (Å²) in [5, 5.41) is 15.4. The molecule has 0 spiro atoms. The summed E-state index contributed by atoms with van der Waals surface area (Å²) in [5.74, 6) is -0.962. The van der Waals surface area contributed by atoms with Gasteiger partial charge >= 0.3 is 5.97 Å². The van der Waals surface area contributed by atoms with Crippen molar-refractivity contribution in [3.63, 3.8) is 0 Å². The Morgan fingerprint density at radius 3 is 2.59 bits per heavy atom. The van der Waals surface area contributed by atoms with Crippen LogP contribution < -0.4 is 5.01 Å². The van der Waals surface area contributed by atoms with Gasteiger partial charge in [-0.15, -0.1) is 0 Å². The lowest BCUT2D eigenvalue weighted by molar-refractivity contribution is -0.138. The molecule has 1 aromatic rings. The van der Waals surface area contributed by atoms with Crippen LogP contribution in [-0.2, 0) is 14.3 Å². The highest BCUT2D eigenvalue weighted by Crippen LogP contribution is 2.37. The number of benzene rings is 1. The number of esters is 1. The van der Waals surface area contributed by atoms with E-state index in [1.54, 1.807) is 31.2 Å². The molecule has 1 aliphatic rings. The zero-order chi connectivity index (χ0) is 16.1. The molecule has 0 aromatic heterocycles. The standard InChI is InChI=1S/C15H13N3O3S/c1-3-21-15(20)12(9-16)14-18(11-7-5-4-6-8-11)17-13(22-14)10(2)19/h4-8H,3H2,1-2H3/b14-12-. The summed E-state index contributed by atoms with van der Waals surface area (Å²) in [6.07, 6.45) is 0. The molecule has 0 saturated carbocycles. The molecule has 0 bridgehead atoms. The minimum atomic E-state index is -0.728. The van der Waals surface area contributed by atoms with E-state index >= 15 is 0 Å². The maximum Gasteiger partial charge on any atom is 0.351 e. The number of nitrogens with zero attached hydrogens (tertiary/aromatic N) is 3. The Balaban J connectivity index is 2.52. The van der Waals surface area contributed by atoms with Crippen molar-refractivity contribution in [3.8, 4) is 6.07 Å². The number of ketones is 1. The third-order valence-corrected chi connectivity index (χ3v) is 3.82. The maximum atomic E-state index is 11.9. The van der Waals surface area contributed by atoms with Crippen LogP contribution in [0, 0.1) is 11.3 Å². The van der Waals surface area contributed by atoms with Gasteiger partial charge < -0.3 is 4.74 Å². The molecule has 0 amide bonds. The third-order valence-electron chi connectivity index (χ3n) is 2.68. The molecule has 0 aliphatic carbocycles. The number of hydrazone groups is 1. The second-order valence-corrected chi connectivity index (χ2v) is 5.20. The predicted molar refractivity (Wildman–Crippen MR) is 83.9 cm³/mol. The van der Waals surface area contributed by atoms with Gasteiger partial charge in [0.05, 0.1) is 12.3 Å². The summed E-state index contributed by atoms with van der Waals surface area (Å²) in [7, 11) is 0. The second kappa shape index (κ2) is 6.91. The molecule has 0 saturated heterocycles. The first-order valence-corrected chi connectivity index (χ1v) is 7.34. The van der Waals surface area contributed by atoms with Gasteiger partial charge in [0.1, 0.15) is 11.1 Å². The van der Waals surface area contributed by atoms with E-state index in [0.29, 0.717) is 5.69 Å². The van der Waals surface area contributed by atoms with E-state index in [9.17, 15) is 14.9 Å². The molecule has 22 heavy (non-hydrogen) atoms. The van der Waals surface area contributed by atoms with Crippen LogP contribution in [0.3, 0.4) is 0 Å². The molecule has 1 aromatic carbocycles. The number of Topliss-reactive ketones (excluding diaryl/α,β-unsaturated/α-hetero) is 1. The number of thioether (sulfide) groups is 1. The average Bonchev–Trinajstić information content (AvgIpc) is 2.94. The normalized spacial score (nSPS) is 15.9. The summed E-state index contributed by atoms with van der Waals surface area (Å²) in [6, 6.07) is 10.8. The Hall–Kier alpha value is -2.59. The summed E-state index contributed by atoms with van der Waals surface area (Å²) in [5.41, 5.74) is 0.481. The fourth-order valence-corrected chi connectivity index (χ4v) is 2.63. The lowest BCUT2D eigenvalue weighted by Crippen LogP contribution is -2.16. The lowest BCUT2D eigenvalue weighted by atomic mass is 10.3. The third kappa shape index (κ3) is 3.18. The number of para-hydroxylation sites is 1. The van der Waals surface area contributed by atoms with Gasteiger partial charge in [0.25, 0.3) is 0 Å². The molecule has 1 aliphatic heterocycles. The van der Waals surface area contributed by atoms with Crippen LogP contribution in [0.25, 0.3) is 0 Å². The molecular weight excluding hydrogens is 302 g/mol. The van der Waals surface area contributed by atoms with Crippen molar-refractivity contribution >= 4 is 34.2 Å². The van der Waals surface area contributed by atoms with Crippen molar-refractivity contribution in [2.75, 3.05) is 11.6 Å². The van der Waals surface area contributed by atoms with E-state index in [1.165, 1.54) is 11.9 Å². The summed E-state index contributed by atoms with van der Waals surface area (Å²) >= 11 is 0.991. The first-order chi connectivity index (χ1) is 10.6. The molecule has 0 fully saturated rings. The molecule has 2 rings (SSSR count). The van der Waals surface area contributed by atoms with Crippen molar-refractivity contribution in [1.82, 2.24) is 0 Å². The van der Waals surface area contributed by atoms with Crippen molar-refractivity contribution in [1.29, 1.82) is 5.26 Å². The van der Waals surface area contributed by atoms with Gasteiger partial charge in [-0.05, 0) is 30.8 Å². The Kier molecular flexibility index (Phi) is 4.96. The predicted octanol–water partition coefficient (Wildman–Crippen LogP) is 2.44. The summed E-state index contributed by atoms with van der Waals surface area (Å²) in [6.45, 7) is 3.20. The average molecular weight is 315 g/mol. The summed E-state index contributed by atoms with van der Waals surface area (Å²) < 4.78 is 4.89. The number of ether oxygens (including phenoxy) is 1. The number of hydrogen-bond donors (Lipinski definition) is 0. The molecule has 7 heteroatoms. The van der Waals surface area contributed by atoms with Crippen LogP contribution in [-0.4, -0.2) is 23.4 Å². The molecular formula is C15H13N3O3S. The highest BCUT2D eigenvalue weighted by Gasteiger charge is 2.31. The van der Waals surface area contributed by atoms with Crippen LogP contribution in [0.5, 0.6) is 0 Å². The molecule has 1 heterocycles. The number of rotatable bonds is 4. The Bertz CT molecular complexity index is 704. The van der Waals surface area contributed by atoms with Gasteiger partial charge in [0.15, 0.2) is 16.4 Å². The fraction of sp³-hybridized carbons (Fsp3) is 0.200. The van der Waals surface area contributed by atoms with Crippen LogP contribution in [0.4, 0.5) is 5.69 Å². The van der Waals surface area contributed by atoms with Gasteiger partial charge in [-0.3, -0.25) is 4.79 Å². The van der Waals surface area contributed by atoms with E-state index in [4.69, 9.17) is 4.74 Å². The van der Waals surface area contributed by atoms with E-state index < -0.39 is 5.97 Å². The van der Waals surface area contributed by atoms with Crippen LogP contribution in [0.2, 0.25) is 0 Å². The molecule has 6 nitrogen and oxygen atoms in total. The Labute approximate surface area is 132 Å². The maximum absolute atomic E-state index is 11.9. The van der Waals surface area contributed by atoms with Gasteiger partial charge in [-0.25, -0.2) is 9.80 Å². The number of nitriles is 1. The first-order valence-electron chi connectivity index (χ1n) is 6.52. The lowest BCUT2D eigenvalue weighted by Gasteiger charge is -2.16. The van der Waals surface area contributed by atoms with E-state index in [-0.39, 0.29) is 28.0 Å². The number of anilines is 1. The molecule has 0 atom stereocenters. The van der Waals surface area contributed by atoms with Crippen molar-refractivity contribution in [2.45, 2.75) is 13.8 Å². The smallest absolute Gasteiger partial charge is 0.351 e. The molecule has 0 radical (unpaired) electrons. The van der Waals surface area contributed by atoms with Crippen LogP contribution in [0.15, 0.2) is 46.0 Å². The topological polar surface area (TPSA) is 82.8 Å². The zero-order valence-corrected chi connectivity index (χ0v) is 12.9. The van der Waals surface area contributed by atoms with Gasteiger partial charge in [0.2, 0.25) is 0 Å². The zero-order valence-electron chi connectivity index (χ0n) is 12.1. The van der Waals surface area contributed by atoms with Gasteiger partial charge in [0, 0.05) is 6.92 Å². The first kappa shape index (κ1) is 15.8. The minimum absolute atomic E-state index is 0.160. The SMILES string of the molecule is CCOC(=O)/C(C#N)=C1\SC(C(C)=O)=NN1c1ccccc1. The number of hydrogen-bond acceptors (Lipinski definition) is 7. The summed E-state index contributed by atoms with van der Waals surface area (Å²) in [4.78, 5) is 23.5. The van der Waals surface area contributed by atoms with Crippen molar-refractivity contribution < 1.29 is 14.3 Å². The fourth-order valence-electron chi connectivity index (χ4n) is 1.72. The number of carbonyl (C=O) groups excluding carboxylic acids is 2. The molecule has 0 N–H and O–H groups in total. The molecule has 0 unspecified atom stereocenters. The Morgan fingerprint density at radius 2 is 2.05 bits per heavy atom. The van der Waals surface area contributed by atoms with E-state index in [2.05, 4.69) is 5.10 Å². The van der Waals surface area contributed by atoms with Crippen molar-refractivity contribution in [2.24, 2.45) is 5.10 Å². The minimum Gasteiger partial charge on any atom is -0.462 e. The van der Waals surface area contributed by atoms with E-state index in [0.717, 1.165) is 11.8 Å². The molecule has 112 valence electrons. The quantitative estimate of drug-likeness (QED) is 0.482. The largest absolute Gasteiger partial charge is 0.462 e. The van der Waals surface area contributed by atoms with Crippen LogP contribution in [0.1, 0.15) is 13.8 Å². The highest BCUT2D eigenvalue weighted by molar-refractivity contribution is 8.19. The van der Waals surface area contributed by atoms with Gasteiger partial charge in [-0.2, -0.15) is 10.4 Å².